The predicted octanol–water partition coefficient (Wildman–Crippen LogP) is 2.99. The van der Waals surface area contributed by atoms with Crippen LogP contribution in [-0.4, -0.2) is 24.5 Å². The lowest BCUT2D eigenvalue weighted by Gasteiger charge is -2.19. The standard InChI is InChI=1S/C15H14N4OS2/c20-14-10-5-1-2-6-11(10)16-15(17-14)21-8-9-4-3-7-12-13(9)19-22-18-12/h1-2,5-6,9H,3-4,7-8H2,(H,16,17,20). The Bertz CT molecular complexity index is 873. The summed E-state index contributed by atoms with van der Waals surface area (Å²) in [6, 6.07) is 7.42. The molecule has 1 atom stereocenters. The first kappa shape index (κ1) is 13.9. The number of H-pyrrole nitrogens is 1. The zero-order valence-electron chi connectivity index (χ0n) is 11.8. The van der Waals surface area contributed by atoms with E-state index < -0.39 is 0 Å². The van der Waals surface area contributed by atoms with Crippen molar-refractivity contribution in [2.45, 2.75) is 30.3 Å². The zero-order valence-corrected chi connectivity index (χ0v) is 13.4. The Kier molecular flexibility index (Phi) is 3.67. The molecule has 2 aromatic heterocycles. The Morgan fingerprint density at radius 2 is 2.23 bits per heavy atom. The molecule has 3 aromatic rings. The molecule has 1 aromatic carbocycles. The van der Waals surface area contributed by atoms with Crippen LogP contribution in [-0.2, 0) is 6.42 Å². The fourth-order valence-electron chi connectivity index (χ4n) is 2.82. The highest BCUT2D eigenvalue weighted by molar-refractivity contribution is 7.99. The minimum atomic E-state index is -0.0761. The number of aromatic amines is 1. The van der Waals surface area contributed by atoms with E-state index in [0.29, 0.717) is 16.5 Å². The molecule has 2 heterocycles. The lowest BCUT2D eigenvalue weighted by Crippen LogP contribution is -2.13. The fraction of sp³-hybridized carbons (Fsp3) is 0.333. The number of hydrogen-bond donors (Lipinski definition) is 1. The summed E-state index contributed by atoms with van der Waals surface area (Å²) >= 11 is 2.90. The van der Waals surface area contributed by atoms with Gasteiger partial charge in [-0.25, -0.2) is 4.98 Å². The summed E-state index contributed by atoms with van der Waals surface area (Å²) in [5, 5.41) is 1.31. The van der Waals surface area contributed by atoms with Gasteiger partial charge in [-0.3, -0.25) is 4.79 Å². The van der Waals surface area contributed by atoms with Gasteiger partial charge in [0.2, 0.25) is 0 Å². The summed E-state index contributed by atoms with van der Waals surface area (Å²) in [6.45, 7) is 0. The van der Waals surface area contributed by atoms with Gasteiger partial charge in [-0.1, -0.05) is 23.9 Å². The number of hydrogen-bond acceptors (Lipinski definition) is 6. The van der Waals surface area contributed by atoms with E-state index in [1.54, 1.807) is 17.8 Å². The molecule has 1 aliphatic carbocycles. The SMILES string of the molecule is O=c1[nH]c(SCC2CCCc3nsnc32)nc2ccccc12. The van der Waals surface area contributed by atoms with Crippen molar-refractivity contribution < 1.29 is 0 Å². The molecule has 0 spiro atoms. The van der Waals surface area contributed by atoms with Crippen molar-refractivity contribution in [2.75, 3.05) is 5.75 Å². The smallest absolute Gasteiger partial charge is 0.259 e. The minimum Gasteiger partial charge on any atom is -0.301 e. The van der Waals surface area contributed by atoms with Crippen LogP contribution in [0.4, 0.5) is 0 Å². The van der Waals surface area contributed by atoms with Gasteiger partial charge >= 0.3 is 0 Å². The molecule has 5 nitrogen and oxygen atoms in total. The Balaban J connectivity index is 1.57. The molecule has 0 bridgehead atoms. The number of rotatable bonds is 3. The molecule has 0 radical (unpaired) electrons. The lowest BCUT2D eigenvalue weighted by molar-refractivity contribution is 0.580. The summed E-state index contributed by atoms with van der Waals surface area (Å²) in [5.41, 5.74) is 2.97. The molecule has 1 unspecified atom stereocenters. The van der Waals surface area contributed by atoms with E-state index in [0.717, 1.165) is 41.9 Å². The maximum Gasteiger partial charge on any atom is 0.259 e. The Hall–Kier alpha value is -1.73. The summed E-state index contributed by atoms with van der Waals surface area (Å²) in [6.07, 6.45) is 3.33. The monoisotopic (exact) mass is 330 g/mol. The van der Waals surface area contributed by atoms with Gasteiger partial charge in [0.15, 0.2) is 5.16 Å². The highest BCUT2D eigenvalue weighted by atomic mass is 32.2. The minimum absolute atomic E-state index is 0.0761. The summed E-state index contributed by atoms with van der Waals surface area (Å²) in [5.74, 6) is 1.28. The number of nitrogens with zero attached hydrogens (tertiary/aromatic N) is 3. The van der Waals surface area contributed by atoms with E-state index in [-0.39, 0.29) is 5.56 Å². The third kappa shape index (κ3) is 2.55. The van der Waals surface area contributed by atoms with Crippen molar-refractivity contribution in [3.8, 4) is 0 Å². The average molecular weight is 330 g/mol. The topological polar surface area (TPSA) is 71.5 Å². The molecule has 0 aliphatic heterocycles. The van der Waals surface area contributed by atoms with E-state index in [9.17, 15) is 4.79 Å². The second-order valence-corrected chi connectivity index (χ2v) is 6.92. The molecular weight excluding hydrogens is 316 g/mol. The number of aryl methyl sites for hydroxylation is 1. The molecule has 22 heavy (non-hydrogen) atoms. The summed E-state index contributed by atoms with van der Waals surface area (Å²) in [4.78, 5) is 19.5. The molecular formula is C15H14N4OS2. The molecule has 0 saturated heterocycles. The van der Waals surface area contributed by atoms with Gasteiger partial charge in [0, 0.05) is 11.7 Å². The molecule has 1 aliphatic rings. The van der Waals surface area contributed by atoms with E-state index in [1.165, 1.54) is 11.7 Å². The number of nitrogens with one attached hydrogen (secondary N) is 1. The number of fused-ring (bicyclic) bond motifs is 2. The van der Waals surface area contributed by atoms with Gasteiger partial charge in [0.05, 0.1) is 34.0 Å². The molecule has 4 rings (SSSR count). The molecule has 0 amide bonds. The van der Waals surface area contributed by atoms with Gasteiger partial charge < -0.3 is 4.98 Å². The Labute approximate surface area is 135 Å². The van der Waals surface area contributed by atoms with Crippen molar-refractivity contribution in [1.29, 1.82) is 0 Å². The van der Waals surface area contributed by atoms with Crippen LogP contribution in [0.2, 0.25) is 0 Å². The van der Waals surface area contributed by atoms with E-state index >= 15 is 0 Å². The normalized spacial score (nSPS) is 17.5. The van der Waals surface area contributed by atoms with Crippen LogP contribution in [0, 0.1) is 0 Å². The number of thioether (sulfide) groups is 1. The number of benzene rings is 1. The van der Waals surface area contributed by atoms with Gasteiger partial charge in [-0.2, -0.15) is 8.75 Å². The molecule has 7 heteroatoms. The van der Waals surface area contributed by atoms with Crippen molar-refractivity contribution in [2.24, 2.45) is 0 Å². The third-order valence-corrected chi connectivity index (χ3v) is 5.57. The van der Waals surface area contributed by atoms with Crippen molar-refractivity contribution in [3.05, 3.63) is 46.0 Å². The second-order valence-electron chi connectivity index (χ2n) is 5.38. The van der Waals surface area contributed by atoms with Crippen molar-refractivity contribution in [3.63, 3.8) is 0 Å². The maximum absolute atomic E-state index is 12.1. The van der Waals surface area contributed by atoms with E-state index in [2.05, 4.69) is 18.7 Å². The van der Waals surface area contributed by atoms with Gasteiger partial charge in [-0.05, 0) is 31.4 Å². The Morgan fingerprint density at radius 1 is 1.32 bits per heavy atom. The summed E-state index contributed by atoms with van der Waals surface area (Å²) < 4.78 is 8.81. The second kappa shape index (κ2) is 5.81. The Morgan fingerprint density at radius 3 is 3.18 bits per heavy atom. The quantitative estimate of drug-likeness (QED) is 0.590. The van der Waals surface area contributed by atoms with Gasteiger partial charge in [0.1, 0.15) is 0 Å². The molecule has 112 valence electrons. The third-order valence-electron chi connectivity index (χ3n) is 3.95. The van der Waals surface area contributed by atoms with E-state index in [1.807, 2.05) is 18.2 Å². The van der Waals surface area contributed by atoms with Crippen molar-refractivity contribution >= 4 is 34.4 Å². The first-order valence-electron chi connectivity index (χ1n) is 7.24. The van der Waals surface area contributed by atoms with Crippen LogP contribution in [0.25, 0.3) is 10.9 Å². The van der Waals surface area contributed by atoms with Crippen LogP contribution in [0.3, 0.4) is 0 Å². The van der Waals surface area contributed by atoms with Crippen LogP contribution < -0.4 is 5.56 Å². The molecule has 0 saturated carbocycles. The lowest BCUT2D eigenvalue weighted by atomic mass is 9.91. The number of aromatic nitrogens is 4. The summed E-state index contributed by atoms with van der Waals surface area (Å²) in [7, 11) is 0. The van der Waals surface area contributed by atoms with E-state index in [4.69, 9.17) is 0 Å². The van der Waals surface area contributed by atoms with Crippen molar-refractivity contribution in [1.82, 2.24) is 18.7 Å². The van der Waals surface area contributed by atoms with Crippen LogP contribution >= 0.6 is 23.5 Å². The zero-order chi connectivity index (χ0) is 14.9. The van der Waals surface area contributed by atoms with Crippen LogP contribution in [0.1, 0.15) is 30.1 Å². The molecule has 1 N–H and O–H groups in total. The molecule has 0 fully saturated rings. The van der Waals surface area contributed by atoms with Gasteiger partial charge in [-0.15, -0.1) is 0 Å². The number of para-hydroxylation sites is 1. The predicted molar refractivity (Wildman–Crippen MR) is 88.7 cm³/mol. The van der Waals surface area contributed by atoms with Crippen LogP contribution in [0.5, 0.6) is 0 Å². The maximum atomic E-state index is 12.1. The fourth-order valence-corrected chi connectivity index (χ4v) is 4.50. The first-order valence-corrected chi connectivity index (χ1v) is 8.96. The van der Waals surface area contributed by atoms with Crippen LogP contribution in [0.15, 0.2) is 34.2 Å². The first-order chi connectivity index (χ1) is 10.8. The average Bonchev–Trinajstić information content (AvgIpc) is 3.02. The highest BCUT2D eigenvalue weighted by Gasteiger charge is 2.24. The highest BCUT2D eigenvalue weighted by Crippen LogP contribution is 2.33. The van der Waals surface area contributed by atoms with Gasteiger partial charge in [0.25, 0.3) is 5.56 Å². The largest absolute Gasteiger partial charge is 0.301 e.